The number of halogens is 1. The number of carbonyl (C=O) groups is 1. The number of amides is 1. The molecule has 7 heteroatoms. The zero-order valence-corrected chi connectivity index (χ0v) is 12.1. The molecule has 0 aliphatic rings. The van der Waals surface area contributed by atoms with Crippen molar-refractivity contribution in [1.29, 1.82) is 0 Å². The number of rotatable bonds is 4. The number of hydrogen-bond donors (Lipinski definition) is 1. The number of hydrogen-bond acceptors (Lipinski definition) is 4. The fraction of sp³-hybridized carbons (Fsp3) is 0.357. The Bertz CT molecular complexity index is 635. The van der Waals surface area contributed by atoms with E-state index in [0.29, 0.717) is 0 Å². The lowest BCUT2D eigenvalue weighted by molar-refractivity contribution is 0.0367. The monoisotopic (exact) mass is 292 g/mol. The van der Waals surface area contributed by atoms with Gasteiger partial charge >= 0.3 is 0 Å². The third kappa shape index (κ3) is 3.63. The Balaban J connectivity index is 2.22. The van der Waals surface area contributed by atoms with Gasteiger partial charge in [-0.25, -0.2) is 14.1 Å². The summed E-state index contributed by atoms with van der Waals surface area (Å²) in [4.78, 5) is 17.3. The van der Waals surface area contributed by atoms with Crippen LogP contribution in [0.4, 0.5) is 4.39 Å². The molecule has 1 amide bonds. The van der Waals surface area contributed by atoms with E-state index in [1.54, 1.807) is 20.9 Å². The first-order chi connectivity index (χ1) is 9.78. The van der Waals surface area contributed by atoms with Gasteiger partial charge in [0.05, 0.1) is 5.60 Å². The summed E-state index contributed by atoms with van der Waals surface area (Å²) in [6.45, 7) is 3.36. The van der Waals surface area contributed by atoms with Gasteiger partial charge in [-0.3, -0.25) is 4.79 Å². The highest BCUT2D eigenvalue weighted by Crippen LogP contribution is 2.16. The van der Waals surface area contributed by atoms with Gasteiger partial charge in [0.2, 0.25) is 0 Å². The molecule has 0 spiro atoms. The lowest BCUT2D eigenvalue weighted by atomic mass is 10.1. The molecule has 1 heterocycles. The second-order valence-electron chi connectivity index (χ2n) is 5.48. The summed E-state index contributed by atoms with van der Waals surface area (Å²) >= 11 is 0. The van der Waals surface area contributed by atoms with Crippen molar-refractivity contribution in [2.75, 3.05) is 13.6 Å². The molecule has 0 atom stereocenters. The third-order valence-corrected chi connectivity index (χ3v) is 2.83. The molecular weight excluding hydrogens is 275 g/mol. The summed E-state index contributed by atoms with van der Waals surface area (Å²) in [6, 6.07) is 4.14. The molecule has 2 aromatic rings. The average Bonchev–Trinajstić information content (AvgIpc) is 2.89. The summed E-state index contributed by atoms with van der Waals surface area (Å²) in [5.74, 6) is -0.927. The van der Waals surface area contributed by atoms with Gasteiger partial charge in [-0.15, -0.1) is 0 Å². The Morgan fingerprint density at radius 1 is 1.48 bits per heavy atom. The van der Waals surface area contributed by atoms with E-state index in [1.807, 2.05) is 0 Å². The van der Waals surface area contributed by atoms with Crippen molar-refractivity contribution in [1.82, 2.24) is 19.7 Å². The Morgan fingerprint density at radius 2 is 2.19 bits per heavy atom. The molecule has 6 nitrogen and oxygen atoms in total. The van der Waals surface area contributed by atoms with E-state index in [1.165, 1.54) is 34.4 Å². The molecule has 0 unspecified atom stereocenters. The fourth-order valence-corrected chi connectivity index (χ4v) is 2.03. The molecule has 0 saturated heterocycles. The Kier molecular flexibility index (Phi) is 4.04. The van der Waals surface area contributed by atoms with Gasteiger partial charge in [0.1, 0.15) is 24.2 Å². The van der Waals surface area contributed by atoms with Gasteiger partial charge in [-0.2, -0.15) is 5.10 Å². The first kappa shape index (κ1) is 15.1. The first-order valence-corrected chi connectivity index (χ1v) is 6.40. The molecule has 0 aliphatic heterocycles. The largest absolute Gasteiger partial charge is 0.389 e. The minimum absolute atomic E-state index is 0.151. The van der Waals surface area contributed by atoms with Crippen LogP contribution in [-0.2, 0) is 0 Å². The molecule has 112 valence electrons. The third-order valence-electron chi connectivity index (χ3n) is 2.83. The summed E-state index contributed by atoms with van der Waals surface area (Å²) < 4.78 is 15.3. The van der Waals surface area contributed by atoms with Crippen LogP contribution in [0, 0.1) is 5.82 Å². The molecule has 21 heavy (non-hydrogen) atoms. The van der Waals surface area contributed by atoms with Crippen molar-refractivity contribution < 1.29 is 14.3 Å². The molecule has 0 fully saturated rings. The molecule has 0 bridgehead atoms. The molecular formula is C14H17FN4O2. The smallest absolute Gasteiger partial charge is 0.253 e. The average molecular weight is 292 g/mol. The number of aliphatic hydroxyl groups is 1. The first-order valence-electron chi connectivity index (χ1n) is 6.40. The Labute approximate surface area is 121 Å². The molecule has 0 saturated carbocycles. The molecule has 1 N–H and O–H groups in total. The van der Waals surface area contributed by atoms with E-state index in [0.717, 1.165) is 6.07 Å². The van der Waals surface area contributed by atoms with Crippen molar-refractivity contribution in [3.8, 4) is 5.69 Å². The van der Waals surface area contributed by atoms with Crippen LogP contribution < -0.4 is 0 Å². The van der Waals surface area contributed by atoms with Gasteiger partial charge in [-0.1, -0.05) is 0 Å². The van der Waals surface area contributed by atoms with E-state index in [9.17, 15) is 14.3 Å². The lowest BCUT2D eigenvalue weighted by Crippen LogP contribution is -2.39. The molecule has 0 radical (unpaired) electrons. The highest BCUT2D eigenvalue weighted by atomic mass is 19.1. The number of nitrogens with zero attached hydrogens (tertiary/aromatic N) is 4. The maximum atomic E-state index is 14.1. The van der Waals surface area contributed by atoms with Crippen molar-refractivity contribution in [3.63, 3.8) is 0 Å². The van der Waals surface area contributed by atoms with Gasteiger partial charge in [0.15, 0.2) is 0 Å². The van der Waals surface area contributed by atoms with Crippen LogP contribution in [-0.4, -0.2) is 49.9 Å². The maximum absolute atomic E-state index is 14.1. The van der Waals surface area contributed by atoms with Crippen molar-refractivity contribution in [2.45, 2.75) is 19.4 Å². The number of likely N-dealkylation sites (N-methyl/N-ethyl adjacent to an activating group) is 1. The van der Waals surface area contributed by atoms with Crippen LogP contribution in [0.2, 0.25) is 0 Å². The van der Waals surface area contributed by atoms with Crippen LogP contribution in [0.25, 0.3) is 5.69 Å². The quantitative estimate of drug-likeness (QED) is 0.920. The van der Waals surface area contributed by atoms with Crippen LogP contribution in [0.5, 0.6) is 0 Å². The normalized spacial score (nSPS) is 11.5. The SMILES string of the molecule is CN(CC(C)(C)O)C(=O)c1ccc(-n2cncn2)c(F)c1. The van der Waals surface area contributed by atoms with Gasteiger partial charge in [0.25, 0.3) is 5.91 Å². The van der Waals surface area contributed by atoms with Crippen LogP contribution in [0.15, 0.2) is 30.9 Å². The highest BCUT2D eigenvalue weighted by Gasteiger charge is 2.21. The van der Waals surface area contributed by atoms with Gasteiger partial charge in [0, 0.05) is 19.2 Å². The predicted octanol–water partition coefficient (Wildman–Crippen LogP) is 1.25. The molecule has 1 aromatic heterocycles. The van der Waals surface area contributed by atoms with Crippen molar-refractivity contribution >= 4 is 5.91 Å². The van der Waals surface area contributed by atoms with E-state index in [2.05, 4.69) is 10.1 Å². The number of aromatic nitrogens is 3. The summed E-state index contributed by atoms with van der Waals surface area (Å²) in [5, 5.41) is 13.6. The molecule has 0 aliphatic carbocycles. The Hall–Kier alpha value is -2.28. The van der Waals surface area contributed by atoms with Crippen molar-refractivity contribution in [3.05, 3.63) is 42.2 Å². The second-order valence-corrected chi connectivity index (χ2v) is 5.48. The van der Waals surface area contributed by atoms with E-state index < -0.39 is 11.4 Å². The van der Waals surface area contributed by atoms with Crippen LogP contribution in [0.1, 0.15) is 24.2 Å². The highest BCUT2D eigenvalue weighted by molar-refractivity contribution is 5.94. The summed E-state index contributed by atoms with van der Waals surface area (Å²) in [6.07, 6.45) is 2.68. The second kappa shape index (κ2) is 5.61. The zero-order chi connectivity index (χ0) is 15.6. The standard InChI is InChI=1S/C14H17FN4O2/c1-14(2,21)7-18(3)13(20)10-4-5-12(11(15)6-10)19-9-16-8-17-19/h4-6,8-9,21H,7H2,1-3H3. The maximum Gasteiger partial charge on any atom is 0.253 e. The Morgan fingerprint density at radius 3 is 2.71 bits per heavy atom. The van der Waals surface area contributed by atoms with Crippen LogP contribution in [0.3, 0.4) is 0 Å². The lowest BCUT2D eigenvalue weighted by Gasteiger charge is -2.25. The number of benzene rings is 1. The zero-order valence-electron chi connectivity index (χ0n) is 12.1. The molecule has 1 aromatic carbocycles. The fourth-order valence-electron chi connectivity index (χ4n) is 2.03. The topological polar surface area (TPSA) is 71.2 Å². The van der Waals surface area contributed by atoms with E-state index >= 15 is 0 Å². The minimum atomic E-state index is -1.01. The van der Waals surface area contributed by atoms with Crippen LogP contribution >= 0.6 is 0 Å². The predicted molar refractivity (Wildman–Crippen MR) is 74.6 cm³/mol. The van der Waals surface area contributed by atoms with E-state index in [4.69, 9.17) is 0 Å². The summed E-state index contributed by atoms with van der Waals surface area (Å²) in [5.41, 5.74) is -0.582. The number of carbonyl (C=O) groups excluding carboxylic acids is 1. The minimum Gasteiger partial charge on any atom is -0.389 e. The van der Waals surface area contributed by atoms with Gasteiger partial charge < -0.3 is 10.0 Å². The van der Waals surface area contributed by atoms with Crippen molar-refractivity contribution in [2.24, 2.45) is 0 Å². The van der Waals surface area contributed by atoms with Gasteiger partial charge in [-0.05, 0) is 32.0 Å². The molecule has 2 rings (SSSR count). The summed E-state index contributed by atoms with van der Waals surface area (Å²) in [7, 11) is 1.56. The van der Waals surface area contributed by atoms with E-state index in [-0.39, 0.29) is 23.7 Å².